The Morgan fingerprint density at radius 1 is 0.641 bits per heavy atom. The maximum Gasteiger partial charge on any atom is 0.307 e. The average molecular weight is 553 g/mol. The van der Waals surface area contributed by atoms with Crippen LogP contribution in [0.1, 0.15) is 129 Å². The molecule has 8 heteroatoms. The van der Waals surface area contributed by atoms with Crippen molar-refractivity contribution in [2.75, 3.05) is 20.1 Å². The maximum absolute atomic E-state index is 12.4. The number of hydrogen-bond donors (Lipinski definition) is 3. The summed E-state index contributed by atoms with van der Waals surface area (Å²) >= 11 is 0. The summed E-state index contributed by atoms with van der Waals surface area (Å²) in [5, 5.41) is 21.3. The first-order valence-corrected chi connectivity index (χ1v) is 15.7. The Morgan fingerprint density at radius 3 is 1.59 bits per heavy atom. The number of carbonyl (C=O) groups is 4. The highest BCUT2D eigenvalue weighted by Crippen LogP contribution is 2.32. The Labute approximate surface area is 236 Å². The molecule has 0 aliphatic heterocycles. The van der Waals surface area contributed by atoms with Crippen molar-refractivity contribution < 1.29 is 29.4 Å². The van der Waals surface area contributed by atoms with Gasteiger partial charge in [-0.25, -0.2) is 0 Å². The van der Waals surface area contributed by atoms with Crippen molar-refractivity contribution in [3.8, 4) is 0 Å². The van der Waals surface area contributed by atoms with Gasteiger partial charge in [0, 0.05) is 20.1 Å². The molecule has 0 aromatic rings. The van der Waals surface area contributed by atoms with Crippen LogP contribution in [0.15, 0.2) is 0 Å². The lowest BCUT2D eigenvalue weighted by Crippen LogP contribution is -2.41. The highest BCUT2D eigenvalue weighted by molar-refractivity contribution is 5.85. The Kier molecular flexibility index (Phi) is 18.6. The Balaban J connectivity index is 0.000000391. The van der Waals surface area contributed by atoms with E-state index in [0.29, 0.717) is 19.4 Å². The van der Waals surface area contributed by atoms with E-state index in [1.54, 1.807) is 4.90 Å². The van der Waals surface area contributed by atoms with Gasteiger partial charge in [-0.05, 0) is 38.5 Å². The molecule has 0 aromatic heterocycles. The minimum absolute atomic E-state index is 0.0348. The van der Waals surface area contributed by atoms with Crippen molar-refractivity contribution in [2.24, 2.45) is 23.7 Å². The fourth-order valence-electron chi connectivity index (χ4n) is 5.88. The van der Waals surface area contributed by atoms with Gasteiger partial charge in [0.05, 0.1) is 23.7 Å². The van der Waals surface area contributed by atoms with Crippen molar-refractivity contribution >= 4 is 23.8 Å². The van der Waals surface area contributed by atoms with E-state index in [-0.39, 0.29) is 23.7 Å². The van der Waals surface area contributed by atoms with Gasteiger partial charge in [-0.15, -0.1) is 0 Å². The molecule has 2 amide bonds. The fourth-order valence-corrected chi connectivity index (χ4v) is 5.88. The van der Waals surface area contributed by atoms with Gasteiger partial charge in [0.15, 0.2) is 0 Å². The SMILES string of the molecule is CCCCCCCN(C)C(=O)[C@H]1CCCC[C@H]1C(=O)O.CCCCCCCNC(=O)[C@H]1CCCC[C@H]1C(=O)O. The fraction of sp³-hybridized carbons (Fsp3) is 0.871. The molecule has 2 aliphatic carbocycles. The van der Waals surface area contributed by atoms with Gasteiger partial charge in [-0.2, -0.15) is 0 Å². The van der Waals surface area contributed by atoms with E-state index < -0.39 is 23.8 Å². The Morgan fingerprint density at radius 2 is 1.08 bits per heavy atom. The third-order valence-electron chi connectivity index (χ3n) is 8.37. The summed E-state index contributed by atoms with van der Waals surface area (Å²) in [7, 11) is 1.82. The summed E-state index contributed by atoms with van der Waals surface area (Å²) in [6.07, 6.45) is 18.2. The van der Waals surface area contributed by atoms with E-state index in [0.717, 1.165) is 70.8 Å². The van der Waals surface area contributed by atoms with Crippen molar-refractivity contribution in [3.05, 3.63) is 0 Å². The van der Waals surface area contributed by atoms with Crippen LogP contribution >= 0.6 is 0 Å². The second-order valence-corrected chi connectivity index (χ2v) is 11.6. The molecule has 226 valence electrons. The lowest BCUT2D eigenvalue weighted by molar-refractivity contribution is -0.151. The van der Waals surface area contributed by atoms with Crippen molar-refractivity contribution in [1.82, 2.24) is 10.2 Å². The number of carboxylic acid groups (broad SMARTS) is 2. The molecular weight excluding hydrogens is 496 g/mol. The molecule has 0 aromatic carbocycles. The lowest BCUT2D eigenvalue weighted by Gasteiger charge is -2.31. The number of carbonyl (C=O) groups excluding carboxylic acids is 2. The van der Waals surface area contributed by atoms with Gasteiger partial charge in [0.2, 0.25) is 11.8 Å². The normalized spacial score (nSPS) is 22.7. The zero-order valence-corrected chi connectivity index (χ0v) is 24.9. The average Bonchev–Trinajstić information content (AvgIpc) is 2.94. The van der Waals surface area contributed by atoms with Crippen LogP contribution in [-0.2, 0) is 19.2 Å². The number of rotatable bonds is 16. The third-order valence-corrected chi connectivity index (χ3v) is 8.37. The van der Waals surface area contributed by atoms with Gasteiger partial charge in [-0.3, -0.25) is 19.2 Å². The van der Waals surface area contributed by atoms with Crippen LogP contribution in [0.4, 0.5) is 0 Å². The molecule has 0 bridgehead atoms. The number of nitrogens with zero attached hydrogens (tertiary/aromatic N) is 1. The van der Waals surface area contributed by atoms with E-state index in [1.807, 2.05) is 7.05 Å². The quantitative estimate of drug-likeness (QED) is 0.194. The van der Waals surface area contributed by atoms with Crippen LogP contribution in [0.3, 0.4) is 0 Å². The minimum atomic E-state index is -0.817. The number of carboxylic acids is 2. The molecule has 0 radical (unpaired) electrons. The number of unbranched alkanes of at least 4 members (excludes halogenated alkanes) is 8. The molecule has 39 heavy (non-hydrogen) atoms. The Hall–Kier alpha value is -2.12. The first-order chi connectivity index (χ1) is 18.7. The first-order valence-electron chi connectivity index (χ1n) is 15.7. The molecule has 2 aliphatic rings. The smallest absolute Gasteiger partial charge is 0.307 e. The van der Waals surface area contributed by atoms with Crippen LogP contribution in [0.5, 0.6) is 0 Å². The van der Waals surface area contributed by atoms with Crippen molar-refractivity contribution in [2.45, 2.75) is 129 Å². The maximum atomic E-state index is 12.4. The number of aliphatic carboxylic acids is 2. The van der Waals surface area contributed by atoms with E-state index in [4.69, 9.17) is 5.11 Å². The van der Waals surface area contributed by atoms with Gasteiger partial charge in [-0.1, -0.05) is 90.9 Å². The van der Waals surface area contributed by atoms with E-state index in [1.165, 1.54) is 38.5 Å². The van der Waals surface area contributed by atoms with Gasteiger partial charge >= 0.3 is 11.9 Å². The molecule has 3 N–H and O–H groups in total. The second-order valence-electron chi connectivity index (χ2n) is 11.6. The van der Waals surface area contributed by atoms with Gasteiger partial charge in [0.1, 0.15) is 0 Å². The molecule has 8 nitrogen and oxygen atoms in total. The largest absolute Gasteiger partial charge is 0.481 e. The highest BCUT2D eigenvalue weighted by Gasteiger charge is 2.37. The van der Waals surface area contributed by atoms with Crippen LogP contribution in [-0.4, -0.2) is 59.0 Å². The lowest BCUT2D eigenvalue weighted by atomic mass is 9.78. The minimum Gasteiger partial charge on any atom is -0.481 e. The van der Waals surface area contributed by atoms with Crippen LogP contribution in [0.25, 0.3) is 0 Å². The second kappa shape index (κ2) is 20.7. The summed E-state index contributed by atoms with van der Waals surface area (Å²) in [4.78, 5) is 48.6. The van der Waals surface area contributed by atoms with Crippen LogP contribution < -0.4 is 5.32 Å². The predicted octanol–water partition coefficient (Wildman–Crippen LogP) is 6.27. The molecular formula is C31H56N2O6. The number of hydrogen-bond acceptors (Lipinski definition) is 4. The topological polar surface area (TPSA) is 124 Å². The highest BCUT2D eigenvalue weighted by atomic mass is 16.4. The zero-order valence-electron chi connectivity index (χ0n) is 24.9. The number of nitrogens with one attached hydrogen (secondary N) is 1. The van der Waals surface area contributed by atoms with Gasteiger partial charge < -0.3 is 20.4 Å². The predicted molar refractivity (Wildman–Crippen MR) is 154 cm³/mol. The molecule has 0 heterocycles. The molecule has 0 unspecified atom stereocenters. The summed E-state index contributed by atoms with van der Waals surface area (Å²) in [5.41, 5.74) is 0. The molecule has 2 rings (SSSR count). The molecule has 2 fully saturated rings. The zero-order chi connectivity index (χ0) is 29.0. The monoisotopic (exact) mass is 552 g/mol. The standard InChI is InChI=1S/C16H29NO3.C15H27NO3/c1-3-4-5-6-9-12-17(2)15(18)13-10-7-8-11-14(13)16(19)20;1-2-3-4-5-8-11-16-14(17)12-9-6-7-10-13(12)15(18)19/h13-14H,3-12H2,1-2H3,(H,19,20);12-13H,2-11H2,1H3,(H,16,17)(H,18,19)/t13-,14+;12-,13+/m00/s1. The van der Waals surface area contributed by atoms with Crippen LogP contribution in [0, 0.1) is 23.7 Å². The third kappa shape index (κ3) is 13.7. The van der Waals surface area contributed by atoms with E-state index in [9.17, 15) is 24.3 Å². The number of amides is 2. The molecule has 2 saturated carbocycles. The summed E-state index contributed by atoms with van der Waals surface area (Å²) < 4.78 is 0. The summed E-state index contributed by atoms with van der Waals surface area (Å²) in [6.45, 7) is 5.80. The van der Waals surface area contributed by atoms with E-state index >= 15 is 0 Å². The van der Waals surface area contributed by atoms with Crippen molar-refractivity contribution in [1.29, 1.82) is 0 Å². The van der Waals surface area contributed by atoms with Crippen molar-refractivity contribution in [3.63, 3.8) is 0 Å². The summed E-state index contributed by atoms with van der Waals surface area (Å²) in [6, 6.07) is 0. The first kappa shape index (κ1) is 34.9. The molecule has 4 atom stereocenters. The van der Waals surface area contributed by atoms with E-state index in [2.05, 4.69) is 19.2 Å². The molecule has 0 spiro atoms. The van der Waals surface area contributed by atoms with Crippen LogP contribution in [0.2, 0.25) is 0 Å². The summed E-state index contributed by atoms with van der Waals surface area (Å²) in [5.74, 6) is -3.21. The molecule has 0 saturated heterocycles. The van der Waals surface area contributed by atoms with Gasteiger partial charge in [0.25, 0.3) is 0 Å². The Bertz CT molecular complexity index is 728.